The molecule has 3 fully saturated rings. The Morgan fingerprint density at radius 3 is 2.56 bits per heavy atom. The maximum Gasteiger partial charge on any atom is 0.436 e. The largest absolute Gasteiger partial charge is 0.436 e. The maximum atomic E-state index is 14.1. The van der Waals surface area contributed by atoms with Crippen LogP contribution in [-0.2, 0) is 20.6 Å². The number of likely N-dealkylation sites (tertiary alicyclic amines) is 1. The molecular formula is C26H32F3N7O3. The zero-order valence-corrected chi connectivity index (χ0v) is 22.0. The van der Waals surface area contributed by atoms with Gasteiger partial charge in [0.15, 0.2) is 5.69 Å². The van der Waals surface area contributed by atoms with Gasteiger partial charge in [-0.2, -0.15) is 18.4 Å². The highest BCUT2D eigenvalue weighted by Gasteiger charge is 2.59. The molecule has 3 amide bonds. The Morgan fingerprint density at radius 2 is 1.97 bits per heavy atom. The Morgan fingerprint density at radius 1 is 1.26 bits per heavy atom. The molecule has 1 aromatic rings. The summed E-state index contributed by atoms with van der Waals surface area (Å²) in [4.78, 5) is 41.4. The molecule has 0 aromatic carbocycles. The van der Waals surface area contributed by atoms with Crippen LogP contribution in [0.5, 0.6) is 0 Å². The monoisotopic (exact) mass is 547 g/mol. The summed E-state index contributed by atoms with van der Waals surface area (Å²) in [6, 6.07) is -0.885. The van der Waals surface area contributed by atoms with Gasteiger partial charge < -0.3 is 15.5 Å². The smallest absolute Gasteiger partial charge is 0.356 e. The lowest BCUT2D eigenvalue weighted by molar-refractivity contribution is -0.145. The summed E-state index contributed by atoms with van der Waals surface area (Å²) >= 11 is 0. The van der Waals surface area contributed by atoms with E-state index in [0.29, 0.717) is 13.0 Å². The van der Waals surface area contributed by atoms with E-state index in [1.54, 1.807) is 20.8 Å². The van der Waals surface area contributed by atoms with Crippen LogP contribution in [0.3, 0.4) is 0 Å². The molecule has 2 saturated heterocycles. The van der Waals surface area contributed by atoms with Crippen molar-refractivity contribution in [1.29, 1.82) is 5.26 Å². The van der Waals surface area contributed by atoms with Gasteiger partial charge in [0.25, 0.3) is 0 Å². The highest BCUT2D eigenvalue weighted by Crippen LogP contribution is 2.54. The fraction of sp³-hybridized carbons (Fsp3) is 0.692. The lowest BCUT2D eigenvalue weighted by atomic mass is 9.81. The first-order valence-corrected chi connectivity index (χ1v) is 13.2. The molecule has 2 aliphatic carbocycles. The minimum absolute atomic E-state index is 0.0305. The van der Waals surface area contributed by atoms with Crippen LogP contribution in [0, 0.1) is 46.3 Å². The number of aromatic nitrogens is 3. The van der Waals surface area contributed by atoms with Crippen molar-refractivity contribution in [3.63, 3.8) is 0 Å². The van der Waals surface area contributed by atoms with E-state index in [1.807, 2.05) is 0 Å². The number of hydrogen-bond donors (Lipinski definition) is 2. The van der Waals surface area contributed by atoms with E-state index >= 15 is 0 Å². The molecule has 0 spiro atoms. The lowest BCUT2D eigenvalue weighted by Crippen LogP contribution is -2.54. The van der Waals surface area contributed by atoms with Gasteiger partial charge >= 0.3 is 6.18 Å². The third-order valence-electron chi connectivity index (χ3n) is 8.62. The van der Waals surface area contributed by atoms with Crippen LogP contribution in [0.4, 0.5) is 13.2 Å². The third-order valence-corrected chi connectivity index (χ3v) is 8.62. The van der Waals surface area contributed by atoms with Gasteiger partial charge in [-0.25, -0.2) is 4.68 Å². The molecule has 0 radical (unpaired) electrons. The summed E-state index contributed by atoms with van der Waals surface area (Å²) < 4.78 is 40.8. The summed E-state index contributed by atoms with van der Waals surface area (Å²) in [6.45, 7) is 5.97. The van der Waals surface area contributed by atoms with E-state index in [2.05, 4.69) is 39.2 Å². The molecule has 39 heavy (non-hydrogen) atoms. The zero-order valence-electron chi connectivity index (χ0n) is 22.0. The highest BCUT2D eigenvalue weighted by atomic mass is 19.4. The second kappa shape index (κ2) is 9.64. The SMILES string of the molecule is CC(C)(C)C(C(=O)N1C[C@H]2[C@@H]([C@H]1C(=O)N[C@H](C#N)C[C@@H]1CCNC1=O)[C@H]1C=C[C@@H]2C1)n1cc(C(F)(F)F)nn1. The summed E-state index contributed by atoms with van der Waals surface area (Å²) in [5.41, 5.74) is -2.05. The average molecular weight is 548 g/mol. The van der Waals surface area contributed by atoms with Gasteiger partial charge in [-0.05, 0) is 48.3 Å². The number of fused-ring (bicyclic) bond motifs is 5. The molecule has 10 nitrogen and oxygen atoms in total. The molecule has 1 unspecified atom stereocenters. The molecule has 210 valence electrons. The number of rotatable bonds is 6. The van der Waals surface area contributed by atoms with Crippen molar-refractivity contribution >= 4 is 17.7 Å². The number of amides is 3. The van der Waals surface area contributed by atoms with Crippen molar-refractivity contribution in [1.82, 2.24) is 30.5 Å². The maximum absolute atomic E-state index is 14.1. The number of alkyl halides is 3. The van der Waals surface area contributed by atoms with Crippen LogP contribution in [0.15, 0.2) is 18.3 Å². The summed E-state index contributed by atoms with van der Waals surface area (Å²) in [6.07, 6.45) is 1.81. The number of halogens is 3. The van der Waals surface area contributed by atoms with Gasteiger partial charge in [0.1, 0.15) is 18.1 Å². The van der Waals surface area contributed by atoms with E-state index in [9.17, 15) is 32.8 Å². The number of nitrogens with one attached hydrogen (secondary N) is 2. The number of carbonyl (C=O) groups is 3. The third kappa shape index (κ3) is 4.89. The fourth-order valence-electron chi connectivity index (χ4n) is 6.91. The van der Waals surface area contributed by atoms with Gasteiger partial charge in [0.05, 0.1) is 12.3 Å². The summed E-state index contributed by atoms with van der Waals surface area (Å²) in [7, 11) is 0. The van der Waals surface area contributed by atoms with E-state index in [-0.39, 0.29) is 48.5 Å². The molecule has 2 aliphatic heterocycles. The van der Waals surface area contributed by atoms with Gasteiger partial charge in [0, 0.05) is 19.0 Å². The van der Waals surface area contributed by atoms with Crippen LogP contribution in [0.25, 0.3) is 0 Å². The number of carbonyl (C=O) groups excluding carboxylic acids is 3. The highest BCUT2D eigenvalue weighted by molar-refractivity contribution is 5.91. The molecule has 5 rings (SSSR count). The predicted molar refractivity (Wildman–Crippen MR) is 130 cm³/mol. The summed E-state index contributed by atoms with van der Waals surface area (Å²) in [5.74, 6) is -1.37. The molecule has 2 N–H and O–H groups in total. The number of allylic oxidation sites excluding steroid dienone is 2. The van der Waals surface area contributed by atoms with Gasteiger partial charge in [-0.1, -0.05) is 38.1 Å². The molecule has 2 bridgehead atoms. The van der Waals surface area contributed by atoms with Crippen molar-refractivity contribution in [3.8, 4) is 6.07 Å². The van der Waals surface area contributed by atoms with Crippen molar-refractivity contribution in [2.24, 2.45) is 35.0 Å². The zero-order chi connectivity index (χ0) is 28.3. The number of nitriles is 1. The van der Waals surface area contributed by atoms with Gasteiger partial charge in [-0.15, -0.1) is 5.10 Å². The Kier molecular flexibility index (Phi) is 6.71. The quantitative estimate of drug-likeness (QED) is 0.524. The molecule has 1 aromatic heterocycles. The molecule has 8 atom stereocenters. The number of nitrogens with zero attached hydrogens (tertiary/aromatic N) is 5. The van der Waals surface area contributed by atoms with Crippen molar-refractivity contribution < 1.29 is 27.6 Å². The Hall–Kier alpha value is -3.43. The first kappa shape index (κ1) is 27.1. The first-order valence-electron chi connectivity index (χ1n) is 13.2. The average Bonchev–Trinajstić information content (AvgIpc) is 3.64. The standard InChI is InChI=1S/C26H32F3N7O3/c1-25(2,3)21(36-12-18(33-34-36)26(27,28)29)24(39)35-11-17-13-4-5-14(8-13)19(17)20(35)23(38)32-16(10-30)9-15-6-7-31-22(15)37/h4-5,12-17,19-21H,6-9,11H2,1-3H3,(H,31,37)(H,32,38)/t13-,14+,15+,16+,17-,19+,20+,21?/m1/s1. The van der Waals surface area contributed by atoms with Crippen LogP contribution in [0.1, 0.15) is 51.8 Å². The minimum Gasteiger partial charge on any atom is -0.356 e. The molecule has 1 saturated carbocycles. The van der Waals surface area contributed by atoms with Crippen molar-refractivity contribution in [2.45, 2.75) is 64.3 Å². The van der Waals surface area contributed by atoms with E-state index < -0.39 is 47.2 Å². The van der Waals surface area contributed by atoms with E-state index in [4.69, 9.17) is 0 Å². The van der Waals surface area contributed by atoms with Crippen LogP contribution in [0.2, 0.25) is 0 Å². The normalized spacial score (nSPS) is 31.1. The summed E-state index contributed by atoms with van der Waals surface area (Å²) in [5, 5.41) is 22.1. The first-order chi connectivity index (χ1) is 18.3. The molecule has 3 heterocycles. The predicted octanol–water partition coefficient (Wildman–Crippen LogP) is 2.07. The van der Waals surface area contributed by atoms with Crippen LogP contribution < -0.4 is 10.6 Å². The Bertz CT molecular complexity index is 1230. The van der Waals surface area contributed by atoms with Crippen molar-refractivity contribution in [2.75, 3.05) is 13.1 Å². The Labute approximate surface area is 224 Å². The molecule has 13 heteroatoms. The minimum atomic E-state index is -4.72. The van der Waals surface area contributed by atoms with Gasteiger partial charge in [0.2, 0.25) is 17.7 Å². The Balaban J connectivity index is 1.43. The molecular weight excluding hydrogens is 515 g/mol. The van der Waals surface area contributed by atoms with Crippen LogP contribution >= 0.6 is 0 Å². The lowest BCUT2D eigenvalue weighted by Gasteiger charge is -2.36. The van der Waals surface area contributed by atoms with Crippen molar-refractivity contribution in [3.05, 3.63) is 24.0 Å². The number of hydrogen-bond acceptors (Lipinski definition) is 6. The van der Waals surface area contributed by atoms with Gasteiger partial charge in [-0.3, -0.25) is 14.4 Å². The fourth-order valence-corrected chi connectivity index (χ4v) is 6.91. The van der Waals surface area contributed by atoms with E-state index in [0.717, 1.165) is 17.3 Å². The topological polar surface area (TPSA) is 133 Å². The second-order valence-corrected chi connectivity index (χ2v) is 12.2. The second-order valence-electron chi connectivity index (χ2n) is 12.2. The van der Waals surface area contributed by atoms with Crippen LogP contribution in [-0.4, -0.2) is 62.8 Å². The van der Waals surface area contributed by atoms with E-state index in [1.165, 1.54) is 4.90 Å². The molecule has 4 aliphatic rings.